The molecule has 1 aliphatic rings. The Balaban J connectivity index is 1.69. The van der Waals surface area contributed by atoms with Gasteiger partial charge < -0.3 is 31.2 Å². The van der Waals surface area contributed by atoms with E-state index in [2.05, 4.69) is 30.8 Å². The number of hydrogen-bond donors (Lipinski definition) is 7. The van der Waals surface area contributed by atoms with E-state index in [0.717, 1.165) is 56.6 Å². The minimum atomic E-state index is -0.810. The van der Waals surface area contributed by atoms with Gasteiger partial charge in [-0.1, -0.05) is 24.4 Å². The van der Waals surface area contributed by atoms with Gasteiger partial charge in [-0.3, -0.25) is 26.2 Å². The van der Waals surface area contributed by atoms with Crippen LogP contribution in [-0.4, -0.2) is 93.7 Å². The molecule has 46 heavy (non-hydrogen) atoms. The standard InChI is InChI=1S/C29H50ClN11O5/c1-28(2,3)45-26(43)39-25(34)41(27(44)46-29(4,5)6)15-9-14-40-16-11-18(12-17-40)10-7-8-13-35-24(33)38-23(42)19-21(31)37-22(32)20(30)36-19/h18H,7-17H2,1-6H3,(H4,31,32,37)(H2,34,39,43)(H3,33,35,38,42). The molecule has 1 saturated heterocycles. The van der Waals surface area contributed by atoms with Gasteiger partial charge in [-0.15, -0.1) is 0 Å². The third kappa shape index (κ3) is 14.0. The Morgan fingerprint density at radius 2 is 1.59 bits per heavy atom. The quantitative estimate of drug-likeness (QED) is 0.108. The van der Waals surface area contributed by atoms with Crippen molar-refractivity contribution in [2.24, 2.45) is 5.92 Å². The van der Waals surface area contributed by atoms with E-state index in [4.69, 9.17) is 43.4 Å². The van der Waals surface area contributed by atoms with Crippen LogP contribution in [0.15, 0.2) is 0 Å². The zero-order valence-corrected chi connectivity index (χ0v) is 28.5. The highest BCUT2D eigenvalue weighted by Gasteiger charge is 2.28. The Hall–Kier alpha value is -3.92. The summed E-state index contributed by atoms with van der Waals surface area (Å²) in [4.78, 5) is 48.4. The van der Waals surface area contributed by atoms with Gasteiger partial charge >= 0.3 is 12.2 Å². The molecular formula is C29H50ClN11O5. The SMILES string of the molecule is CC(C)(C)OC(=O)NC(=N)N(CCCN1CCC(CCCCNC(=N)NC(=O)c2nc(Cl)c(N)nc2N)CC1)C(=O)OC(C)(C)C. The van der Waals surface area contributed by atoms with E-state index in [1.54, 1.807) is 41.5 Å². The van der Waals surface area contributed by atoms with Crippen LogP contribution < -0.4 is 27.4 Å². The third-order valence-corrected chi connectivity index (χ3v) is 7.04. The lowest BCUT2D eigenvalue weighted by atomic mass is 9.91. The number of piperidine rings is 1. The minimum absolute atomic E-state index is 0.0788. The molecule has 1 aliphatic heterocycles. The van der Waals surface area contributed by atoms with Crippen LogP contribution in [0.5, 0.6) is 0 Å². The highest BCUT2D eigenvalue weighted by atomic mass is 35.5. The Morgan fingerprint density at radius 1 is 0.957 bits per heavy atom. The summed E-state index contributed by atoms with van der Waals surface area (Å²) < 4.78 is 10.7. The van der Waals surface area contributed by atoms with Crippen LogP contribution >= 0.6 is 11.6 Å². The normalized spacial score (nSPS) is 14.2. The van der Waals surface area contributed by atoms with Gasteiger partial charge in [-0.2, -0.15) is 0 Å². The van der Waals surface area contributed by atoms with Crippen molar-refractivity contribution in [2.75, 3.05) is 44.2 Å². The number of ether oxygens (including phenoxy) is 2. The van der Waals surface area contributed by atoms with Gasteiger partial charge in [0.2, 0.25) is 5.96 Å². The first-order valence-corrected chi connectivity index (χ1v) is 15.8. The van der Waals surface area contributed by atoms with Gasteiger partial charge in [-0.05, 0) is 92.8 Å². The molecule has 0 bridgehead atoms. The number of carbonyl (C=O) groups excluding carboxylic acids is 3. The monoisotopic (exact) mass is 667 g/mol. The molecule has 258 valence electrons. The second-order valence-electron chi connectivity index (χ2n) is 13.1. The van der Waals surface area contributed by atoms with E-state index in [9.17, 15) is 14.4 Å². The average Bonchev–Trinajstić information content (AvgIpc) is 2.91. The molecule has 1 fully saturated rings. The number of carbonyl (C=O) groups is 3. The molecule has 2 heterocycles. The number of amides is 3. The molecule has 2 rings (SSSR count). The molecule has 9 N–H and O–H groups in total. The maximum absolute atomic E-state index is 12.8. The van der Waals surface area contributed by atoms with Crippen molar-refractivity contribution in [2.45, 2.75) is 91.3 Å². The number of anilines is 2. The Bertz CT molecular complexity index is 1240. The molecule has 0 saturated carbocycles. The largest absolute Gasteiger partial charge is 0.444 e. The first-order valence-electron chi connectivity index (χ1n) is 15.4. The van der Waals surface area contributed by atoms with Gasteiger partial charge in [-0.25, -0.2) is 24.5 Å². The Kier molecular flexibility index (Phi) is 14.2. The highest BCUT2D eigenvalue weighted by molar-refractivity contribution is 6.31. The van der Waals surface area contributed by atoms with E-state index in [1.807, 2.05) is 0 Å². The van der Waals surface area contributed by atoms with Crippen molar-refractivity contribution in [3.05, 3.63) is 10.8 Å². The molecular weight excluding hydrogens is 618 g/mol. The number of rotatable bonds is 10. The van der Waals surface area contributed by atoms with Gasteiger partial charge in [0.1, 0.15) is 11.2 Å². The van der Waals surface area contributed by atoms with E-state index in [0.29, 0.717) is 18.9 Å². The van der Waals surface area contributed by atoms with Gasteiger partial charge in [0.15, 0.2) is 28.4 Å². The predicted octanol–water partition coefficient (Wildman–Crippen LogP) is 3.52. The van der Waals surface area contributed by atoms with Crippen LogP contribution in [0.3, 0.4) is 0 Å². The summed E-state index contributed by atoms with van der Waals surface area (Å²) in [6.45, 7) is 13.7. The molecule has 0 aromatic carbocycles. The van der Waals surface area contributed by atoms with Crippen LogP contribution in [0, 0.1) is 16.7 Å². The number of halogens is 1. The number of aromatic nitrogens is 2. The summed E-state index contributed by atoms with van der Waals surface area (Å²) in [6, 6.07) is 0. The molecule has 0 spiro atoms. The molecule has 16 nitrogen and oxygen atoms in total. The smallest absolute Gasteiger partial charge is 0.417 e. The number of nitrogen functional groups attached to an aromatic ring is 2. The van der Waals surface area contributed by atoms with Crippen LogP contribution in [0.25, 0.3) is 0 Å². The van der Waals surface area contributed by atoms with Gasteiger partial charge in [0, 0.05) is 13.1 Å². The summed E-state index contributed by atoms with van der Waals surface area (Å²) in [5.74, 6) is -0.923. The van der Waals surface area contributed by atoms with Crippen LogP contribution in [0.4, 0.5) is 21.2 Å². The first kappa shape index (κ1) is 38.3. The average molecular weight is 668 g/mol. The van der Waals surface area contributed by atoms with Gasteiger partial charge in [0.05, 0.1) is 0 Å². The summed E-state index contributed by atoms with van der Waals surface area (Å²) in [5.41, 5.74) is 9.51. The molecule has 0 atom stereocenters. The molecule has 0 unspecified atom stereocenters. The minimum Gasteiger partial charge on any atom is -0.444 e. The zero-order valence-electron chi connectivity index (χ0n) is 27.7. The number of guanidine groups is 2. The van der Waals surface area contributed by atoms with E-state index < -0.39 is 29.3 Å². The lowest BCUT2D eigenvalue weighted by Crippen LogP contribution is -2.50. The number of unbranched alkanes of at least 4 members (excludes halogenated alkanes) is 1. The van der Waals surface area contributed by atoms with E-state index in [-0.39, 0.29) is 40.9 Å². The maximum Gasteiger partial charge on any atom is 0.417 e. The number of likely N-dealkylation sites (tertiary alicyclic amines) is 1. The maximum atomic E-state index is 12.8. The number of nitrogens with two attached hydrogens (primary N) is 2. The summed E-state index contributed by atoms with van der Waals surface area (Å²) in [6.07, 6.45) is 4.06. The fourth-order valence-electron chi connectivity index (χ4n) is 4.63. The summed E-state index contributed by atoms with van der Waals surface area (Å²) in [7, 11) is 0. The van der Waals surface area contributed by atoms with Crippen molar-refractivity contribution in [3.63, 3.8) is 0 Å². The van der Waals surface area contributed by atoms with Crippen LogP contribution in [-0.2, 0) is 9.47 Å². The summed E-state index contributed by atoms with van der Waals surface area (Å²) in [5, 5.41) is 23.7. The van der Waals surface area contributed by atoms with Crippen molar-refractivity contribution in [1.82, 2.24) is 35.7 Å². The lowest BCUT2D eigenvalue weighted by Gasteiger charge is -2.33. The lowest BCUT2D eigenvalue weighted by molar-refractivity contribution is 0.0350. The van der Waals surface area contributed by atoms with E-state index >= 15 is 0 Å². The van der Waals surface area contributed by atoms with Crippen molar-refractivity contribution >= 4 is 53.2 Å². The number of alkyl carbamates (subject to hydrolysis) is 1. The molecule has 3 amide bonds. The zero-order chi connectivity index (χ0) is 34.7. The van der Waals surface area contributed by atoms with Crippen LogP contribution in [0.1, 0.15) is 90.6 Å². The number of hydrogen-bond acceptors (Lipinski definition) is 12. The highest BCUT2D eigenvalue weighted by Crippen LogP contribution is 2.23. The Labute approximate surface area is 275 Å². The second-order valence-corrected chi connectivity index (χ2v) is 13.5. The molecule has 0 radical (unpaired) electrons. The van der Waals surface area contributed by atoms with E-state index in [1.165, 1.54) is 0 Å². The molecule has 17 heteroatoms. The van der Waals surface area contributed by atoms with Crippen molar-refractivity contribution < 1.29 is 23.9 Å². The number of nitrogens with zero attached hydrogens (tertiary/aromatic N) is 4. The fraction of sp³-hybridized carbons (Fsp3) is 0.690. The topological polar surface area (TPSA) is 238 Å². The van der Waals surface area contributed by atoms with Crippen LogP contribution in [0.2, 0.25) is 5.15 Å². The third-order valence-electron chi connectivity index (χ3n) is 6.77. The Morgan fingerprint density at radius 3 is 2.20 bits per heavy atom. The van der Waals surface area contributed by atoms with Crippen molar-refractivity contribution in [3.8, 4) is 0 Å². The fourth-order valence-corrected chi connectivity index (χ4v) is 4.75. The molecule has 0 aliphatic carbocycles. The molecule has 1 aromatic rings. The first-order chi connectivity index (χ1) is 21.3. The predicted molar refractivity (Wildman–Crippen MR) is 177 cm³/mol. The second kappa shape index (κ2) is 17.1. The summed E-state index contributed by atoms with van der Waals surface area (Å²) >= 11 is 5.81. The molecule has 1 aromatic heterocycles. The van der Waals surface area contributed by atoms with Crippen molar-refractivity contribution in [1.29, 1.82) is 10.8 Å². The number of nitrogens with one attached hydrogen (secondary N) is 5. The van der Waals surface area contributed by atoms with Gasteiger partial charge in [0.25, 0.3) is 5.91 Å².